The molecule has 0 fully saturated rings. The highest BCUT2D eigenvalue weighted by Gasteiger charge is 2.15. The summed E-state index contributed by atoms with van der Waals surface area (Å²) in [5, 5.41) is 3.52. The van der Waals surface area contributed by atoms with Crippen LogP contribution < -0.4 is 5.32 Å². The molecule has 0 aliphatic carbocycles. The van der Waals surface area contributed by atoms with E-state index in [0.717, 1.165) is 25.8 Å². The van der Waals surface area contributed by atoms with Crippen LogP contribution in [0.15, 0.2) is 18.5 Å². The van der Waals surface area contributed by atoms with Crippen LogP contribution in [0.3, 0.4) is 0 Å². The predicted octanol–water partition coefficient (Wildman–Crippen LogP) is 2.51. The molecule has 1 heterocycles. The van der Waals surface area contributed by atoms with Crippen molar-refractivity contribution >= 4 is 9.84 Å². The first-order chi connectivity index (χ1) is 9.48. The van der Waals surface area contributed by atoms with Gasteiger partial charge in [0, 0.05) is 30.4 Å². The zero-order chi connectivity index (χ0) is 15.0. The van der Waals surface area contributed by atoms with Crippen molar-refractivity contribution in [3.05, 3.63) is 29.6 Å². The molecule has 0 spiro atoms. The highest BCUT2D eigenvalue weighted by molar-refractivity contribution is 7.90. The summed E-state index contributed by atoms with van der Waals surface area (Å²) < 4.78 is 22.5. The fourth-order valence-electron chi connectivity index (χ4n) is 2.31. The summed E-state index contributed by atoms with van der Waals surface area (Å²) in [6.45, 7) is 5.19. The van der Waals surface area contributed by atoms with Gasteiger partial charge in [0.05, 0.1) is 0 Å². The largest absolute Gasteiger partial charge is 0.310 e. The minimum absolute atomic E-state index is 0.217. The predicted molar refractivity (Wildman–Crippen MR) is 83.6 cm³/mol. The molecular weight excluding hydrogens is 272 g/mol. The van der Waals surface area contributed by atoms with E-state index in [1.54, 1.807) is 0 Å². The van der Waals surface area contributed by atoms with Gasteiger partial charge in [0.2, 0.25) is 0 Å². The Bertz CT molecular complexity index is 500. The lowest BCUT2D eigenvalue weighted by Gasteiger charge is -2.21. The van der Waals surface area contributed by atoms with E-state index < -0.39 is 9.84 Å². The lowest BCUT2D eigenvalue weighted by Crippen LogP contribution is -2.24. The van der Waals surface area contributed by atoms with Crippen LogP contribution in [0, 0.1) is 0 Å². The number of nitrogens with one attached hydrogen (secondary N) is 1. The van der Waals surface area contributed by atoms with Gasteiger partial charge in [0.25, 0.3) is 0 Å². The van der Waals surface area contributed by atoms with E-state index in [1.807, 2.05) is 18.5 Å². The molecule has 0 aromatic carbocycles. The molecule has 5 heteroatoms. The number of nitrogens with zero attached hydrogens (tertiary/aromatic N) is 1. The van der Waals surface area contributed by atoms with Crippen LogP contribution in [0.4, 0.5) is 0 Å². The molecule has 20 heavy (non-hydrogen) atoms. The third kappa shape index (κ3) is 6.01. The molecule has 1 aromatic heterocycles. The number of hydrogen-bond donors (Lipinski definition) is 1. The van der Waals surface area contributed by atoms with E-state index in [4.69, 9.17) is 0 Å². The highest BCUT2D eigenvalue weighted by atomic mass is 32.2. The van der Waals surface area contributed by atoms with Gasteiger partial charge in [-0.3, -0.25) is 4.98 Å². The minimum atomic E-state index is -2.88. The highest BCUT2D eigenvalue weighted by Crippen LogP contribution is 2.22. The van der Waals surface area contributed by atoms with E-state index >= 15 is 0 Å². The first kappa shape index (κ1) is 17.1. The van der Waals surface area contributed by atoms with Gasteiger partial charge in [0.15, 0.2) is 0 Å². The summed E-state index contributed by atoms with van der Waals surface area (Å²) in [5.74, 6) is 0.254. The first-order valence-electron chi connectivity index (χ1n) is 7.31. The van der Waals surface area contributed by atoms with Gasteiger partial charge in [0.1, 0.15) is 9.84 Å². The zero-order valence-electron chi connectivity index (χ0n) is 12.7. The van der Waals surface area contributed by atoms with Crippen LogP contribution in [-0.4, -0.2) is 32.0 Å². The Morgan fingerprint density at radius 2 is 2.10 bits per heavy atom. The van der Waals surface area contributed by atoms with Gasteiger partial charge in [-0.2, -0.15) is 0 Å². The topological polar surface area (TPSA) is 59.1 Å². The molecule has 1 unspecified atom stereocenters. The molecule has 0 aliphatic heterocycles. The van der Waals surface area contributed by atoms with Crippen molar-refractivity contribution in [3.63, 3.8) is 0 Å². The lowest BCUT2D eigenvalue weighted by atomic mass is 9.97. The molecule has 0 aliphatic rings. The van der Waals surface area contributed by atoms with E-state index in [2.05, 4.69) is 24.1 Å². The molecule has 0 bridgehead atoms. The maximum Gasteiger partial charge on any atom is 0.147 e. The van der Waals surface area contributed by atoms with Gasteiger partial charge in [-0.1, -0.05) is 13.8 Å². The van der Waals surface area contributed by atoms with Gasteiger partial charge in [-0.15, -0.1) is 0 Å². The smallest absolute Gasteiger partial charge is 0.147 e. The maximum atomic E-state index is 11.3. The van der Waals surface area contributed by atoms with Crippen molar-refractivity contribution in [3.8, 4) is 0 Å². The molecule has 114 valence electrons. The van der Waals surface area contributed by atoms with Crippen LogP contribution in [0.2, 0.25) is 0 Å². The molecule has 0 radical (unpaired) electrons. The second-order valence-electron chi connectivity index (χ2n) is 5.21. The summed E-state index contributed by atoms with van der Waals surface area (Å²) in [6.07, 6.45) is 8.55. The van der Waals surface area contributed by atoms with Crippen LogP contribution in [0.5, 0.6) is 0 Å². The van der Waals surface area contributed by atoms with Gasteiger partial charge >= 0.3 is 0 Å². The molecule has 0 saturated carbocycles. The van der Waals surface area contributed by atoms with Crippen molar-refractivity contribution in [1.29, 1.82) is 0 Å². The molecule has 4 nitrogen and oxygen atoms in total. The quantitative estimate of drug-likeness (QED) is 0.761. The number of pyridine rings is 1. The fourth-order valence-corrected chi connectivity index (χ4v) is 3.00. The summed E-state index contributed by atoms with van der Waals surface area (Å²) in [7, 11) is -2.88. The Balaban J connectivity index is 2.77. The molecule has 1 N–H and O–H groups in total. The maximum absolute atomic E-state index is 11.3. The summed E-state index contributed by atoms with van der Waals surface area (Å²) in [4.78, 5) is 4.17. The SMILES string of the molecule is CCCNC(CCCS(C)(=O)=O)c1ccncc1CC. The van der Waals surface area contributed by atoms with Crippen LogP contribution in [0.1, 0.15) is 50.3 Å². The monoisotopic (exact) mass is 298 g/mol. The molecule has 1 aromatic rings. The molecule has 0 amide bonds. The normalized spacial score (nSPS) is 13.3. The molecule has 1 rings (SSSR count). The Hall–Kier alpha value is -0.940. The van der Waals surface area contributed by atoms with Crippen molar-refractivity contribution in [1.82, 2.24) is 10.3 Å². The summed E-state index contributed by atoms with van der Waals surface area (Å²) >= 11 is 0. The fraction of sp³-hybridized carbons (Fsp3) is 0.667. The number of rotatable bonds is 9. The van der Waals surface area contributed by atoms with Crippen LogP contribution >= 0.6 is 0 Å². The zero-order valence-corrected chi connectivity index (χ0v) is 13.5. The van der Waals surface area contributed by atoms with Crippen molar-refractivity contribution in [2.75, 3.05) is 18.6 Å². The van der Waals surface area contributed by atoms with Crippen molar-refractivity contribution in [2.24, 2.45) is 0 Å². The van der Waals surface area contributed by atoms with Crippen LogP contribution in [0.25, 0.3) is 0 Å². The second-order valence-corrected chi connectivity index (χ2v) is 7.47. The number of sulfone groups is 1. The average Bonchev–Trinajstić information content (AvgIpc) is 2.41. The Morgan fingerprint density at radius 1 is 1.35 bits per heavy atom. The first-order valence-corrected chi connectivity index (χ1v) is 9.37. The molecular formula is C15H26N2O2S. The lowest BCUT2D eigenvalue weighted by molar-refractivity contribution is 0.489. The van der Waals surface area contributed by atoms with Crippen molar-refractivity contribution < 1.29 is 8.42 Å². The van der Waals surface area contributed by atoms with Gasteiger partial charge in [-0.25, -0.2) is 8.42 Å². The van der Waals surface area contributed by atoms with Crippen LogP contribution in [-0.2, 0) is 16.3 Å². The van der Waals surface area contributed by atoms with Gasteiger partial charge < -0.3 is 5.32 Å². The Labute approximate surface area is 122 Å². The van der Waals surface area contributed by atoms with E-state index in [-0.39, 0.29) is 11.8 Å². The summed E-state index contributed by atoms with van der Waals surface area (Å²) in [5.41, 5.74) is 2.49. The third-order valence-corrected chi connectivity index (χ3v) is 4.38. The van der Waals surface area contributed by atoms with Gasteiger partial charge in [-0.05, 0) is 49.4 Å². The van der Waals surface area contributed by atoms with E-state index in [0.29, 0.717) is 6.42 Å². The van der Waals surface area contributed by atoms with E-state index in [1.165, 1.54) is 17.4 Å². The number of hydrogen-bond acceptors (Lipinski definition) is 4. The second kappa shape index (κ2) is 8.37. The number of aryl methyl sites for hydroxylation is 1. The standard InChI is InChI=1S/C15H26N2O2S/c1-4-9-17-15(7-6-11-20(3,18)19)14-8-10-16-12-13(14)5-2/h8,10,12,15,17H,4-7,9,11H2,1-3H3. The minimum Gasteiger partial charge on any atom is -0.310 e. The number of aromatic nitrogens is 1. The van der Waals surface area contributed by atoms with Crippen molar-refractivity contribution in [2.45, 2.75) is 45.6 Å². The van der Waals surface area contributed by atoms with E-state index in [9.17, 15) is 8.42 Å². The average molecular weight is 298 g/mol. The Kier molecular flexibility index (Phi) is 7.16. The Morgan fingerprint density at radius 3 is 2.70 bits per heavy atom. The summed E-state index contributed by atoms with van der Waals surface area (Å²) in [6, 6.07) is 2.27. The molecule has 0 saturated heterocycles. The third-order valence-electron chi connectivity index (χ3n) is 3.35. The molecule has 1 atom stereocenters.